The van der Waals surface area contributed by atoms with E-state index >= 15 is 0 Å². The number of benzene rings is 1. The van der Waals surface area contributed by atoms with Gasteiger partial charge < -0.3 is 0 Å². The molecule has 0 aromatic heterocycles. The van der Waals surface area contributed by atoms with Gasteiger partial charge in [0.05, 0.1) is 5.02 Å². The van der Waals surface area contributed by atoms with Gasteiger partial charge >= 0.3 is 6.43 Å². The van der Waals surface area contributed by atoms with Crippen molar-refractivity contribution in [3.05, 3.63) is 34.6 Å². The second-order valence-electron chi connectivity index (χ2n) is 2.27. The monoisotopic (exact) mass is 208 g/mol. The van der Waals surface area contributed by atoms with Crippen molar-refractivity contribution in [2.45, 2.75) is 6.43 Å². The van der Waals surface area contributed by atoms with E-state index in [0.29, 0.717) is 0 Å². The summed E-state index contributed by atoms with van der Waals surface area (Å²) >= 11 is 5.30. The summed E-state index contributed by atoms with van der Waals surface area (Å²) in [6.07, 6.45) is -3.17. The van der Waals surface area contributed by atoms with Gasteiger partial charge in [-0.1, -0.05) is 17.7 Å². The Kier molecular flexibility index (Phi) is 2.93. The third-order valence-corrected chi connectivity index (χ3v) is 1.80. The number of ketones is 1. The van der Waals surface area contributed by atoms with Crippen LogP contribution in [0.5, 0.6) is 0 Å². The predicted molar refractivity (Wildman–Crippen MR) is 41.7 cm³/mol. The van der Waals surface area contributed by atoms with Crippen LogP contribution in [0.15, 0.2) is 18.2 Å². The van der Waals surface area contributed by atoms with Gasteiger partial charge in [0.25, 0.3) is 0 Å². The maximum Gasteiger partial charge on any atom is 0.300 e. The van der Waals surface area contributed by atoms with Crippen LogP contribution in [0.4, 0.5) is 13.2 Å². The fourth-order valence-electron chi connectivity index (χ4n) is 0.812. The molecule has 0 fully saturated rings. The lowest BCUT2D eigenvalue weighted by atomic mass is 10.1. The lowest BCUT2D eigenvalue weighted by Crippen LogP contribution is -2.11. The van der Waals surface area contributed by atoms with E-state index < -0.39 is 28.6 Å². The van der Waals surface area contributed by atoms with E-state index in [-0.39, 0.29) is 0 Å². The van der Waals surface area contributed by atoms with Crippen LogP contribution in [-0.2, 0) is 0 Å². The zero-order valence-electron chi connectivity index (χ0n) is 6.23. The van der Waals surface area contributed by atoms with E-state index in [1.54, 1.807) is 0 Å². The average molecular weight is 209 g/mol. The molecule has 0 aliphatic heterocycles. The summed E-state index contributed by atoms with van der Waals surface area (Å²) in [4.78, 5) is 10.7. The topological polar surface area (TPSA) is 17.1 Å². The zero-order valence-corrected chi connectivity index (χ0v) is 6.99. The first-order chi connectivity index (χ1) is 6.04. The van der Waals surface area contributed by atoms with Crippen LogP contribution >= 0.6 is 11.6 Å². The molecule has 1 rings (SSSR count). The summed E-state index contributed by atoms with van der Waals surface area (Å²) < 4.78 is 36.5. The minimum absolute atomic E-state index is 0.489. The fraction of sp³-hybridized carbons (Fsp3) is 0.125. The van der Waals surface area contributed by atoms with Crippen LogP contribution < -0.4 is 0 Å². The van der Waals surface area contributed by atoms with Gasteiger partial charge in [-0.15, -0.1) is 0 Å². The standard InChI is InChI=1S/C8H4ClF3O/c9-6-4(7(13)8(11)12)2-1-3-5(6)10/h1-3,8H. The van der Waals surface area contributed by atoms with E-state index in [1.165, 1.54) is 0 Å². The summed E-state index contributed by atoms with van der Waals surface area (Å²) in [5.41, 5.74) is -0.489. The summed E-state index contributed by atoms with van der Waals surface area (Å²) in [7, 11) is 0. The molecule has 0 spiro atoms. The van der Waals surface area contributed by atoms with Crippen molar-refractivity contribution in [2.75, 3.05) is 0 Å². The molecule has 0 unspecified atom stereocenters. The Morgan fingerprint density at radius 1 is 1.38 bits per heavy atom. The third kappa shape index (κ3) is 2.01. The van der Waals surface area contributed by atoms with Crippen LogP contribution in [-0.4, -0.2) is 12.2 Å². The molecule has 0 saturated carbocycles. The van der Waals surface area contributed by atoms with E-state index in [9.17, 15) is 18.0 Å². The highest BCUT2D eigenvalue weighted by atomic mass is 35.5. The molecule has 0 bridgehead atoms. The number of rotatable bonds is 2. The summed E-state index contributed by atoms with van der Waals surface area (Å²) in [6.45, 7) is 0. The van der Waals surface area contributed by atoms with Gasteiger partial charge in [-0.05, 0) is 12.1 Å². The molecule has 0 aliphatic carbocycles. The Hall–Kier alpha value is -1.03. The highest BCUT2D eigenvalue weighted by Gasteiger charge is 2.21. The second kappa shape index (κ2) is 3.79. The lowest BCUT2D eigenvalue weighted by Gasteiger charge is -2.02. The number of halogens is 4. The highest BCUT2D eigenvalue weighted by molar-refractivity contribution is 6.34. The first kappa shape index (κ1) is 10.1. The number of carbonyl (C=O) groups is 1. The minimum atomic E-state index is -3.17. The largest absolute Gasteiger partial charge is 0.300 e. The molecule has 13 heavy (non-hydrogen) atoms. The van der Waals surface area contributed by atoms with Gasteiger partial charge in [0.15, 0.2) is 0 Å². The Morgan fingerprint density at radius 2 is 2.00 bits per heavy atom. The molecule has 0 aliphatic rings. The molecule has 0 radical (unpaired) electrons. The van der Waals surface area contributed by atoms with Crippen molar-refractivity contribution >= 4 is 17.4 Å². The predicted octanol–water partition coefficient (Wildman–Crippen LogP) is 2.93. The molecule has 70 valence electrons. The Labute approximate surface area is 77.1 Å². The first-order valence-corrected chi connectivity index (χ1v) is 3.68. The number of carbonyl (C=O) groups excluding carboxylic acids is 1. The minimum Gasteiger partial charge on any atom is -0.288 e. The Bertz CT molecular complexity index is 338. The molecule has 0 N–H and O–H groups in total. The SMILES string of the molecule is O=C(c1cccc(F)c1Cl)C(F)F. The van der Waals surface area contributed by atoms with Gasteiger partial charge in [0.1, 0.15) is 5.82 Å². The van der Waals surface area contributed by atoms with Gasteiger partial charge in [-0.3, -0.25) is 4.79 Å². The molecule has 0 atom stereocenters. The molecule has 0 saturated heterocycles. The van der Waals surface area contributed by atoms with Crippen molar-refractivity contribution in [2.24, 2.45) is 0 Å². The van der Waals surface area contributed by atoms with Gasteiger partial charge in [0, 0.05) is 5.56 Å². The van der Waals surface area contributed by atoms with E-state index in [0.717, 1.165) is 18.2 Å². The molecule has 0 amide bonds. The normalized spacial score (nSPS) is 10.5. The van der Waals surface area contributed by atoms with E-state index in [1.807, 2.05) is 0 Å². The number of hydrogen-bond acceptors (Lipinski definition) is 1. The summed E-state index contributed by atoms with van der Waals surface area (Å²) in [5, 5.41) is -0.562. The molecule has 1 nitrogen and oxygen atoms in total. The molecular weight excluding hydrogens is 205 g/mol. The van der Waals surface area contributed by atoms with Crippen molar-refractivity contribution < 1.29 is 18.0 Å². The van der Waals surface area contributed by atoms with Crippen molar-refractivity contribution in [1.29, 1.82) is 0 Å². The first-order valence-electron chi connectivity index (χ1n) is 3.30. The number of hydrogen-bond donors (Lipinski definition) is 0. The quantitative estimate of drug-likeness (QED) is 0.683. The van der Waals surface area contributed by atoms with Crippen molar-refractivity contribution in [3.63, 3.8) is 0 Å². The van der Waals surface area contributed by atoms with Crippen LogP contribution in [0.2, 0.25) is 5.02 Å². The van der Waals surface area contributed by atoms with Crippen LogP contribution in [0.25, 0.3) is 0 Å². The second-order valence-corrected chi connectivity index (χ2v) is 2.64. The smallest absolute Gasteiger partial charge is 0.288 e. The van der Waals surface area contributed by atoms with Crippen molar-refractivity contribution in [3.8, 4) is 0 Å². The fourth-order valence-corrected chi connectivity index (χ4v) is 1.03. The zero-order chi connectivity index (χ0) is 10.0. The molecule has 1 aromatic rings. The lowest BCUT2D eigenvalue weighted by molar-refractivity contribution is 0.0678. The molecule has 1 aromatic carbocycles. The summed E-state index contributed by atoms with van der Waals surface area (Å²) in [5.74, 6) is -2.35. The van der Waals surface area contributed by atoms with E-state index in [4.69, 9.17) is 11.6 Å². The third-order valence-electron chi connectivity index (χ3n) is 1.42. The Balaban J connectivity index is 3.15. The number of alkyl halides is 2. The average Bonchev–Trinajstić information content (AvgIpc) is 2.08. The van der Waals surface area contributed by atoms with Gasteiger partial charge in [-0.2, -0.15) is 0 Å². The molecular formula is C8H4ClF3O. The van der Waals surface area contributed by atoms with Crippen LogP contribution in [0, 0.1) is 5.82 Å². The van der Waals surface area contributed by atoms with Crippen LogP contribution in [0.1, 0.15) is 10.4 Å². The highest BCUT2D eigenvalue weighted by Crippen LogP contribution is 2.21. The summed E-state index contributed by atoms with van der Waals surface area (Å²) in [6, 6.07) is 3.20. The van der Waals surface area contributed by atoms with Gasteiger partial charge in [-0.25, -0.2) is 13.2 Å². The van der Waals surface area contributed by atoms with E-state index in [2.05, 4.69) is 0 Å². The number of Topliss-reactive ketones (excluding diaryl/α,β-unsaturated/α-hetero) is 1. The molecule has 0 heterocycles. The Morgan fingerprint density at radius 3 is 2.54 bits per heavy atom. The van der Waals surface area contributed by atoms with Crippen molar-refractivity contribution in [1.82, 2.24) is 0 Å². The molecule has 5 heteroatoms. The van der Waals surface area contributed by atoms with Crippen LogP contribution in [0.3, 0.4) is 0 Å². The maximum absolute atomic E-state index is 12.7. The van der Waals surface area contributed by atoms with Gasteiger partial charge in [0.2, 0.25) is 5.78 Å². The maximum atomic E-state index is 12.7.